The number of rotatable bonds is 5. The molecule has 2 amide bonds. The molecule has 24 heavy (non-hydrogen) atoms. The fourth-order valence-corrected chi connectivity index (χ4v) is 3.14. The van der Waals surface area contributed by atoms with Gasteiger partial charge in [-0.25, -0.2) is 4.98 Å². The van der Waals surface area contributed by atoms with E-state index in [4.69, 9.17) is 0 Å². The van der Waals surface area contributed by atoms with Crippen LogP contribution in [0.4, 0.5) is 0 Å². The van der Waals surface area contributed by atoms with Crippen molar-refractivity contribution in [3.05, 3.63) is 51.5 Å². The van der Waals surface area contributed by atoms with Crippen LogP contribution >= 0.6 is 11.3 Å². The molecule has 1 fully saturated rings. The minimum Gasteiger partial charge on any atom is -0.349 e. The summed E-state index contributed by atoms with van der Waals surface area (Å²) < 4.78 is 0. The van der Waals surface area contributed by atoms with E-state index >= 15 is 0 Å². The van der Waals surface area contributed by atoms with E-state index in [-0.39, 0.29) is 11.8 Å². The number of nitrogens with zero attached hydrogens (tertiary/aromatic N) is 1. The zero-order valence-corrected chi connectivity index (χ0v) is 14.9. The molecule has 0 atom stereocenters. The molecule has 0 aliphatic heterocycles. The molecule has 1 aromatic heterocycles. The first-order valence-electron chi connectivity index (χ1n) is 8.01. The zero-order chi connectivity index (χ0) is 17.3. The number of aromatic nitrogens is 1. The van der Waals surface area contributed by atoms with Crippen molar-refractivity contribution >= 4 is 23.2 Å². The molecule has 0 spiro atoms. The average molecular weight is 343 g/mol. The van der Waals surface area contributed by atoms with E-state index < -0.39 is 5.54 Å². The summed E-state index contributed by atoms with van der Waals surface area (Å²) >= 11 is 1.57. The van der Waals surface area contributed by atoms with Gasteiger partial charge in [0.1, 0.15) is 5.01 Å². The van der Waals surface area contributed by atoms with Gasteiger partial charge in [0, 0.05) is 28.2 Å². The number of hydrogen-bond acceptors (Lipinski definition) is 4. The predicted molar refractivity (Wildman–Crippen MR) is 94.3 cm³/mol. The van der Waals surface area contributed by atoms with Crippen LogP contribution < -0.4 is 10.6 Å². The molecule has 0 unspecified atom stereocenters. The topological polar surface area (TPSA) is 71.1 Å². The lowest BCUT2D eigenvalue weighted by molar-refractivity contribution is 0.0908. The van der Waals surface area contributed by atoms with E-state index in [2.05, 4.69) is 15.6 Å². The van der Waals surface area contributed by atoms with Gasteiger partial charge in [0.2, 0.25) is 0 Å². The molecule has 1 aliphatic rings. The number of aryl methyl sites for hydroxylation is 1. The first kappa shape index (κ1) is 16.6. The summed E-state index contributed by atoms with van der Waals surface area (Å²) in [6.07, 6.45) is 3.91. The third kappa shape index (κ3) is 3.82. The SMILES string of the molecule is Cc1cnc(C(C)(C)NC(=O)c2ccc(C(=O)NC3CC3)cc2)s1. The Morgan fingerprint density at radius 1 is 1.12 bits per heavy atom. The van der Waals surface area contributed by atoms with Gasteiger partial charge < -0.3 is 10.6 Å². The highest BCUT2D eigenvalue weighted by atomic mass is 32.1. The van der Waals surface area contributed by atoms with E-state index in [1.54, 1.807) is 41.8 Å². The fourth-order valence-electron chi connectivity index (χ4n) is 2.32. The van der Waals surface area contributed by atoms with Gasteiger partial charge in [-0.05, 0) is 57.9 Å². The first-order chi connectivity index (χ1) is 11.3. The van der Waals surface area contributed by atoms with Gasteiger partial charge in [0.25, 0.3) is 11.8 Å². The van der Waals surface area contributed by atoms with Crippen LogP contribution in [0.2, 0.25) is 0 Å². The lowest BCUT2D eigenvalue weighted by atomic mass is 10.0. The van der Waals surface area contributed by atoms with E-state index in [1.807, 2.05) is 20.8 Å². The second kappa shape index (κ2) is 6.36. The summed E-state index contributed by atoms with van der Waals surface area (Å²) in [5, 5.41) is 6.81. The largest absolute Gasteiger partial charge is 0.349 e. The molecule has 1 aromatic carbocycles. The number of nitrogens with one attached hydrogen (secondary N) is 2. The quantitative estimate of drug-likeness (QED) is 0.877. The van der Waals surface area contributed by atoms with Crippen LogP contribution in [0, 0.1) is 6.92 Å². The summed E-state index contributed by atoms with van der Waals surface area (Å²) in [5.41, 5.74) is 0.561. The molecule has 126 valence electrons. The van der Waals surface area contributed by atoms with Crippen LogP contribution in [0.1, 0.15) is 57.3 Å². The van der Waals surface area contributed by atoms with Gasteiger partial charge in [-0.2, -0.15) is 0 Å². The van der Waals surface area contributed by atoms with Crippen molar-refractivity contribution in [1.29, 1.82) is 0 Å². The van der Waals surface area contributed by atoms with Gasteiger partial charge in [0.05, 0.1) is 5.54 Å². The fraction of sp³-hybridized carbons (Fsp3) is 0.389. The van der Waals surface area contributed by atoms with Gasteiger partial charge in [-0.15, -0.1) is 11.3 Å². The summed E-state index contributed by atoms with van der Waals surface area (Å²) in [4.78, 5) is 29.9. The Morgan fingerprint density at radius 3 is 2.21 bits per heavy atom. The maximum absolute atomic E-state index is 12.5. The Kier molecular flexibility index (Phi) is 4.41. The van der Waals surface area contributed by atoms with E-state index in [0.29, 0.717) is 17.2 Å². The van der Waals surface area contributed by atoms with Crippen molar-refractivity contribution in [3.63, 3.8) is 0 Å². The Hall–Kier alpha value is -2.21. The maximum atomic E-state index is 12.5. The molecule has 1 heterocycles. The molecular weight excluding hydrogens is 322 g/mol. The van der Waals surface area contributed by atoms with E-state index in [1.165, 1.54) is 0 Å². The lowest BCUT2D eigenvalue weighted by Crippen LogP contribution is -2.40. The Morgan fingerprint density at radius 2 is 1.71 bits per heavy atom. The summed E-state index contributed by atoms with van der Waals surface area (Å²) in [7, 11) is 0. The van der Waals surface area contributed by atoms with Crippen LogP contribution in [0.25, 0.3) is 0 Å². The number of benzene rings is 1. The minimum atomic E-state index is -0.544. The second-order valence-corrected chi connectivity index (χ2v) is 7.92. The number of hydrogen-bond donors (Lipinski definition) is 2. The Balaban J connectivity index is 1.67. The standard InChI is InChI=1S/C18H21N3O2S/c1-11-10-19-17(24-11)18(2,3)21-16(23)13-6-4-12(5-7-13)15(22)20-14-8-9-14/h4-7,10,14H,8-9H2,1-3H3,(H,20,22)(H,21,23). The monoisotopic (exact) mass is 343 g/mol. The van der Waals surface area contributed by atoms with Gasteiger partial charge >= 0.3 is 0 Å². The number of amides is 2. The van der Waals surface area contributed by atoms with Gasteiger partial charge in [-0.1, -0.05) is 0 Å². The van der Waals surface area contributed by atoms with Crippen molar-refractivity contribution in [3.8, 4) is 0 Å². The molecule has 2 aromatic rings. The Labute approximate surface area is 145 Å². The minimum absolute atomic E-state index is 0.0805. The van der Waals surface area contributed by atoms with E-state index in [0.717, 1.165) is 22.7 Å². The third-order valence-corrected chi connectivity index (χ3v) is 5.14. The molecule has 6 heteroatoms. The molecule has 2 N–H and O–H groups in total. The highest BCUT2D eigenvalue weighted by Crippen LogP contribution is 2.25. The van der Waals surface area contributed by atoms with Crippen LogP contribution in [0.15, 0.2) is 30.5 Å². The van der Waals surface area contributed by atoms with Crippen LogP contribution in [0.5, 0.6) is 0 Å². The molecule has 1 saturated carbocycles. The van der Waals surface area contributed by atoms with Crippen LogP contribution in [0.3, 0.4) is 0 Å². The Bertz CT molecular complexity index is 761. The number of thiazole rings is 1. The molecule has 5 nitrogen and oxygen atoms in total. The molecule has 0 radical (unpaired) electrons. The van der Waals surface area contributed by atoms with Crippen molar-refractivity contribution < 1.29 is 9.59 Å². The molecule has 3 rings (SSSR count). The van der Waals surface area contributed by atoms with Crippen molar-refractivity contribution in [2.45, 2.75) is 45.2 Å². The molecule has 1 aliphatic carbocycles. The second-order valence-electron chi connectivity index (χ2n) is 6.68. The normalized spacial score (nSPS) is 14.3. The summed E-state index contributed by atoms with van der Waals surface area (Å²) in [5.74, 6) is -0.259. The number of carbonyl (C=O) groups excluding carboxylic acids is 2. The molecular formula is C18H21N3O2S. The third-order valence-electron chi connectivity index (χ3n) is 3.90. The maximum Gasteiger partial charge on any atom is 0.252 e. The van der Waals surface area contributed by atoms with Crippen LogP contribution in [-0.4, -0.2) is 22.8 Å². The van der Waals surface area contributed by atoms with Gasteiger partial charge in [-0.3, -0.25) is 9.59 Å². The first-order valence-corrected chi connectivity index (χ1v) is 8.83. The average Bonchev–Trinajstić information content (AvgIpc) is 3.24. The summed E-state index contributed by atoms with van der Waals surface area (Å²) in [6, 6.07) is 7.06. The smallest absolute Gasteiger partial charge is 0.252 e. The molecule has 0 bridgehead atoms. The lowest BCUT2D eigenvalue weighted by Gasteiger charge is -2.23. The highest BCUT2D eigenvalue weighted by Gasteiger charge is 2.27. The van der Waals surface area contributed by atoms with Gasteiger partial charge in [0.15, 0.2) is 0 Å². The van der Waals surface area contributed by atoms with Crippen molar-refractivity contribution in [2.24, 2.45) is 0 Å². The van der Waals surface area contributed by atoms with E-state index in [9.17, 15) is 9.59 Å². The van der Waals surface area contributed by atoms with Crippen LogP contribution in [-0.2, 0) is 5.54 Å². The van der Waals surface area contributed by atoms with Crippen molar-refractivity contribution in [1.82, 2.24) is 15.6 Å². The molecule has 0 saturated heterocycles. The zero-order valence-electron chi connectivity index (χ0n) is 14.1. The highest BCUT2D eigenvalue weighted by molar-refractivity contribution is 7.11. The predicted octanol–water partition coefficient (Wildman–Crippen LogP) is 3.01. The van der Waals surface area contributed by atoms with Crippen molar-refractivity contribution in [2.75, 3.05) is 0 Å². The number of carbonyl (C=O) groups is 2. The summed E-state index contributed by atoms with van der Waals surface area (Å²) in [6.45, 7) is 5.85.